The lowest BCUT2D eigenvalue weighted by Crippen LogP contribution is -2.17. The van der Waals surface area contributed by atoms with Crippen LogP contribution in [-0.4, -0.2) is 21.1 Å². The van der Waals surface area contributed by atoms with E-state index in [2.05, 4.69) is 6.92 Å². The van der Waals surface area contributed by atoms with Crippen LogP contribution in [0.25, 0.3) is 6.20 Å². The van der Waals surface area contributed by atoms with Crippen LogP contribution in [0, 0.1) is 0 Å². The van der Waals surface area contributed by atoms with Gasteiger partial charge in [0.25, 0.3) is 5.56 Å². The molecular formula is C24H39NO4. The van der Waals surface area contributed by atoms with Gasteiger partial charge in [0.1, 0.15) is 5.69 Å². The normalized spacial score (nSPS) is 11.3. The Labute approximate surface area is 175 Å². The highest BCUT2D eigenvalue weighted by atomic mass is 16.3. The number of hydrogen-bond donors (Lipinski definition) is 2. The number of aromatic hydroxyl groups is 2. The van der Waals surface area contributed by atoms with Crippen molar-refractivity contribution < 1.29 is 15.0 Å². The van der Waals surface area contributed by atoms with Gasteiger partial charge in [0.15, 0.2) is 17.8 Å². The van der Waals surface area contributed by atoms with Crippen LogP contribution in [0.3, 0.4) is 0 Å². The van der Waals surface area contributed by atoms with Crippen molar-refractivity contribution in [1.82, 2.24) is 4.57 Å². The van der Waals surface area contributed by atoms with Crippen LogP contribution < -0.4 is 5.56 Å². The highest BCUT2D eigenvalue weighted by Crippen LogP contribution is 2.25. The Morgan fingerprint density at radius 3 is 1.79 bits per heavy atom. The highest BCUT2D eigenvalue weighted by Gasteiger charge is 2.12. The van der Waals surface area contributed by atoms with Crippen LogP contribution in [0.1, 0.15) is 114 Å². The highest BCUT2D eigenvalue weighted by molar-refractivity contribution is 5.79. The monoisotopic (exact) mass is 405 g/mol. The van der Waals surface area contributed by atoms with Gasteiger partial charge in [-0.25, -0.2) is 0 Å². The maximum Gasteiger partial charge on any atom is 0.259 e. The van der Waals surface area contributed by atoms with E-state index in [1.807, 2.05) is 6.08 Å². The molecule has 0 atom stereocenters. The van der Waals surface area contributed by atoms with Crippen molar-refractivity contribution in [2.45, 2.75) is 103 Å². The number of nitrogens with zero attached hydrogens (tertiary/aromatic N) is 1. The quantitative estimate of drug-likeness (QED) is 0.232. The molecule has 0 aliphatic heterocycles. The molecule has 0 fully saturated rings. The summed E-state index contributed by atoms with van der Waals surface area (Å²) in [5, 5.41) is 19.1. The van der Waals surface area contributed by atoms with Crippen LogP contribution in [-0.2, 0) is 0 Å². The number of unbranched alkanes of at least 4 members (excludes halogenated alkanes) is 14. The van der Waals surface area contributed by atoms with Gasteiger partial charge >= 0.3 is 0 Å². The third-order valence-corrected chi connectivity index (χ3v) is 5.33. The van der Waals surface area contributed by atoms with E-state index in [-0.39, 0.29) is 5.69 Å². The lowest BCUT2D eigenvalue weighted by Gasteiger charge is -2.06. The summed E-state index contributed by atoms with van der Waals surface area (Å²) in [6.07, 6.45) is 22.9. The van der Waals surface area contributed by atoms with Gasteiger partial charge in [-0.05, 0) is 12.8 Å². The number of aldehydes is 1. The first-order chi connectivity index (χ1) is 14.1. The molecule has 0 aliphatic rings. The van der Waals surface area contributed by atoms with E-state index in [0.29, 0.717) is 6.29 Å². The molecular weight excluding hydrogens is 366 g/mol. The number of carbonyl (C=O) groups is 1. The molecule has 0 unspecified atom stereocenters. The van der Waals surface area contributed by atoms with Crippen LogP contribution >= 0.6 is 0 Å². The average Bonchev–Trinajstić information content (AvgIpc) is 2.71. The molecule has 0 radical (unpaired) electrons. The lowest BCUT2D eigenvalue weighted by atomic mass is 10.0. The maximum atomic E-state index is 11.8. The van der Waals surface area contributed by atoms with E-state index < -0.39 is 17.1 Å². The van der Waals surface area contributed by atoms with Crippen molar-refractivity contribution in [1.29, 1.82) is 0 Å². The summed E-state index contributed by atoms with van der Waals surface area (Å²) in [5.74, 6) is -1.14. The number of carbonyl (C=O) groups excluding carboxylic acids is 1. The van der Waals surface area contributed by atoms with E-state index in [1.165, 1.54) is 83.2 Å². The third kappa shape index (κ3) is 10.3. The molecule has 2 N–H and O–H groups in total. The number of aromatic nitrogens is 1. The Bertz CT molecular complexity index is 664. The fourth-order valence-corrected chi connectivity index (χ4v) is 3.52. The van der Waals surface area contributed by atoms with Crippen LogP contribution in [0.15, 0.2) is 16.9 Å². The summed E-state index contributed by atoms with van der Waals surface area (Å²) in [4.78, 5) is 22.9. The van der Waals surface area contributed by atoms with E-state index in [4.69, 9.17) is 0 Å². The summed E-state index contributed by atoms with van der Waals surface area (Å²) < 4.78 is 1.06. The van der Waals surface area contributed by atoms with Crippen molar-refractivity contribution in [2.75, 3.05) is 0 Å². The van der Waals surface area contributed by atoms with Gasteiger partial charge in [0, 0.05) is 12.3 Å². The van der Waals surface area contributed by atoms with E-state index in [9.17, 15) is 19.8 Å². The summed E-state index contributed by atoms with van der Waals surface area (Å²) in [6, 6.07) is 0.902. The molecule has 0 bridgehead atoms. The molecule has 1 aromatic heterocycles. The van der Waals surface area contributed by atoms with E-state index in [1.54, 1.807) is 0 Å². The molecule has 5 nitrogen and oxygen atoms in total. The summed E-state index contributed by atoms with van der Waals surface area (Å²) in [6.45, 7) is 2.26. The van der Waals surface area contributed by atoms with Crippen molar-refractivity contribution >= 4 is 12.5 Å². The van der Waals surface area contributed by atoms with Crippen LogP contribution in [0.2, 0.25) is 0 Å². The first kappa shape index (κ1) is 25.0. The van der Waals surface area contributed by atoms with Gasteiger partial charge in [0.2, 0.25) is 0 Å². The van der Waals surface area contributed by atoms with Crippen LogP contribution in [0.5, 0.6) is 11.5 Å². The van der Waals surface area contributed by atoms with E-state index >= 15 is 0 Å². The first-order valence-electron chi connectivity index (χ1n) is 11.4. The Hall–Kier alpha value is -2.04. The Morgan fingerprint density at radius 2 is 1.31 bits per heavy atom. The molecule has 1 rings (SSSR count). The second kappa shape index (κ2) is 15.8. The molecule has 0 amide bonds. The minimum atomic E-state index is -0.575. The van der Waals surface area contributed by atoms with E-state index in [0.717, 1.165) is 29.9 Å². The van der Waals surface area contributed by atoms with Gasteiger partial charge in [-0.1, -0.05) is 96.5 Å². The predicted molar refractivity (Wildman–Crippen MR) is 120 cm³/mol. The maximum absolute atomic E-state index is 11.8. The van der Waals surface area contributed by atoms with Crippen molar-refractivity contribution in [3.63, 3.8) is 0 Å². The fourth-order valence-electron chi connectivity index (χ4n) is 3.52. The Kier molecular flexibility index (Phi) is 13.6. The average molecular weight is 406 g/mol. The van der Waals surface area contributed by atoms with Gasteiger partial charge in [-0.15, -0.1) is 0 Å². The molecule has 164 valence electrons. The predicted octanol–water partition coefficient (Wildman–Crippen LogP) is 6.41. The van der Waals surface area contributed by atoms with Crippen molar-refractivity contribution in [3.8, 4) is 11.5 Å². The Balaban J connectivity index is 2.06. The summed E-state index contributed by atoms with van der Waals surface area (Å²) in [5.41, 5.74) is -0.771. The summed E-state index contributed by atoms with van der Waals surface area (Å²) in [7, 11) is 0. The molecule has 0 aromatic carbocycles. The topological polar surface area (TPSA) is 79.5 Å². The fraction of sp³-hybridized carbons (Fsp3) is 0.667. The second-order valence-electron chi connectivity index (χ2n) is 7.86. The number of allylic oxidation sites excluding steroid dienone is 1. The molecule has 1 aromatic rings. The zero-order chi connectivity index (χ0) is 21.3. The molecule has 0 saturated carbocycles. The largest absolute Gasteiger partial charge is 0.504 e. The van der Waals surface area contributed by atoms with Gasteiger partial charge < -0.3 is 10.2 Å². The van der Waals surface area contributed by atoms with Crippen molar-refractivity contribution in [2.24, 2.45) is 0 Å². The molecule has 0 aliphatic carbocycles. The van der Waals surface area contributed by atoms with Gasteiger partial charge in [-0.3, -0.25) is 14.2 Å². The van der Waals surface area contributed by atoms with Crippen LogP contribution in [0.4, 0.5) is 0 Å². The second-order valence-corrected chi connectivity index (χ2v) is 7.86. The Morgan fingerprint density at radius 1 is 0.828 bits per heavy atom. The zero-order valence-electron chi connectivity index (χ0n) is 18.1. The minimum absolute atomic E-state index is 0.229. The first-order valence-corrected chi connectivity index (χ1v) is 11.4. The lowest BCUT2D eigenvalue weighted by molar-refractivity contribution is 0.111. The smallest absolute Gasteiger partial charge is 0.259 e. The molecule has 1 heterocycles. The third-order valence-electron chi connectivity index (χ3n) is 5.33. The van der Waals surface area contributed by atoms with Gasteiger partial charge in [-0.2, -0.15) is 0 Å². The SMILES string of the molecule is CCCCCCCCCCCCCCCCC=Cn1c(C=O)c(O)c(O)cc1=O. The number of pyridine rings is 1. The molecule has 5 heteroatoms. The standard InChI is InChI=1S/C24H39NO4/c1-2-3-4-5-6-7-8-9-10-11-12-13-14-15-16-17-18-25-21(20-26)24(29)22(27)19-23(25)28/h17-20,27,29H,2-16H2,1H3. The summed E-state index contributed by atoms with van der Waals surface area (Å²) >= 11 is 0. The zero-order valence-corrected chi connectivity index (χ0v) is 18.1. The number of hydrogen-bond acceptors (Lipinski definition) is 4. The van der Waals surface area contributed by atoms with Crippen molar-refractivity contribution in [3.05, 3.63) is 28.2 Å². The number of rotatable bonds is 17. The van der Waals surface area contributed by atoms with Gasteiger partial charge in [0.05, 0.1) is 0 Å². The molecule has 0 spiro atoms. The molecule has 0 saturated heterocycles. The minimum Gasteiger partial charge on any atom is -0.504 e. The molecule has 29 heavy (non-hydrogen) atoms.